The highest BCUT2D eigenvalue weighted by Gasteiger charge is 2.43. The minimum atomic E-state index is -0.457. The molecular formula is C16H29NO. The third-order valence-corrected chi connectivity index (χ3v) is 4.98. The molecule has 0 heterocycles. The van der Waals surface area contributed by atoms with Crippen molar-refractivity contribution in [3.8, 4) is 6.07 Å². The quantitative estimate of drug-likeness (QED) is 0.765. The summed E-state index contributed by atoms with van der Waals surface area (Å²) < 4.78 is 0. The number of aliphatic hydroxyl groups excluding tert-OH is 1. The molecule has 0 amide bonds. The smallest absolute Gasteiger partial charge is 0.0835 e. The molecule has 1 unspecified atom stereocenters. The summed E-state index contributed by atoms with van der Waals surface area (Å²) in [6, 6.07) is 2.48. The molecule has 1 N–H and O–H groups in total. The van der Waals surface area contributed by atoms with Crippen LogP contribution in [0.25, 0.3) is 0 Å². The molecule has 18 heavy (non-hydrogen) atoms. The largest absolute Gasteiger partial charge is 0.391 e. The zero-order chi connectivity index (χ0) is 13.6. The Labute approximate surface area is 112 Å². The molecule has 2 nitrogen and oxygen atoms in total. The van der Waals surface area contributed by atoms with Gasteiger partial charge in [0.1, 0.15) is 0 Å². The molecule has 1 fully saturated rings. The molecule has 0 aromatic rings. The first-order valence-corrected chi connectivity index (χ1v) is 7.72. The van der Waals surface area contributed by atoms with Crippen LogP contribution in [0.15, 0.2) is 0 Å². The van der Waals surface area contributed by atoms with E-state index in [2.05, 4.69) is 26.8 Å². The lowest BCUT2D eigenvalue weighted by molar-refractivity contribution is -0.0184. The van der Waals surface area contributed by atoms with E-state index in [-0.39, 0.29) is 5.92 Å². The van der Waals surface area contributed by atoms with Crippen molar-refractivity contribution >= 4 is 0 Å². The Hall–Kier alpha value is -0.550. The van der Waals surface area contributed by atoms with Gasteiger partial charge in [0.05, 0.1) is 17.6 Å². The zero-order valence-electron chi connectivity index (χ0n) is 12.3. The van der Waals surface area contributed by atoms with Crippen molar-refractivity contribution in [2.24, 2.45) is 17.3 Å². The molecule has 1 rings (SSSR count). The topological polar surface area (TPSA) is 44.0 Å². The molecule has 0 bridgehead atoms. The van der Waals surface area contributed by atoms with E-state index in [1.54, 1.807) is 0 Å². The highest BCUT2D eigenvalue weighted by atomic mass is 16.3. The van der Waals surface area contributed by atoms with Crippen LogP contribution in [0.1, 0.15) is 72.1 Å². The summed E-state index contributed by atoms with van der Waals surface area (Å²) in [7, 11) is 0. The number of rotatable bonds is 6. The fraction of sp³-hybridized carbons (Fsp3) is 0.938. The zero-order valence-corrected chi connectivity index (χ0v) is 12.3. The molecular weight excluding hydrogens is 222 g/mol. The number of hydrogen-bond donors (Lipinski definition) is 1. The maximum Gasteiger partial charge on any atom is 0.0835 e. The lowest BCUT2D eigenvalue weighted by atomic mass is 9.64. The van der Waals surface area contributed by atoms with Crippen molar-refractivity contribution in [2.75, 3.05) is 0 Å². The Morgan fingerprint density at radius 1 is 1.22 bits per heavy atom. The first kappa shape index (κ1) is 15.5. The van der Waals surface area contributed by atoms with E-state index in [0.29, 0.717) is 0 Å². The average molecular weight is 251 g/mol. The minimum Gasteiger partial charge on any atom is -0.391 e. The third-order valence-electron chi connectivity index (χ3n) is 4.98. The summed E-state index contributed by atoms with van der Waals surface area (Å²) in [6.07, 6.45) is 8.07. The van der Waals surface area contributed by atoms with Gasteiger partial charge < -0.3 is 5.11 Å². The summed E-state index contributed by atoms with van der Waals surface area (Å²) >= 11 is 0. The molecule has 104 valence electrons. The summed E-state index contributed by atoms with van der Waals surface area (Å²) in [4.78, 5) is 0. The first-order valence-electron chi connectivity index (χ1n) is 7.72. The Morgan fingerprint density at radius 2 is 1.78 bits per heavy atom. The van der Waals surface area contributed by atoms with Crippen molar-refractivity contribution in [1.29, 1.82) is 5.26 Å². The van der Waals surface area contributed by atoms with E-state index in [1.165, 1.54) is 12.8 Å². The van der Waals surface area contributed by atoms with Crippen LogP contribution in [-0.4, -0.2) is 11.2 Å². The fourth-order valence-electron chi connectivity index (χ4n) is 3.55. The first-order chi connectivity index (χ1) is 8.63. The summed E-state index contributed by atoms with van der Waals surface area (Å²) in [5.74, 6) is 1.07. The van der Waals surface area contributed by atoms with Gasteiger partial charge in [0.2, 0.25) is 0 Å². The maximum absolute atomic E-state index is 10.6. The van der Waals surface area contributed by atoms with Gasteiger partial charge in [-0.25, -0.2) is 0 Å². The van der Waals surface area contributed by atoms with E-state index < -0.39 is 11.5 Å². The van der Waals surface area contributed by atoms with Crippen molar-refractivity contribution in [2.45, 2.75) is 78.2 Å². The summed E-state index contributed by atoms with van der Waals surface area (Å²) in [5, 5.41) is 20.1. The maximum atomic E-state index is 10.6. The van der Waals surface area contributed by atoms with Gasteiger partial charge in [0.25, 0.3) is 0 Å². The number of nitrogens with zero attached hydrogens (tertiary/aromatic N) is 1. The highest BCUT2D eigenvalue weighted by Crippen LogP contribution is 2.45. The molecule has 1 aliphatic carbocycles. The second-order valence-corrected chi connectivity index (χ2v) is 6.02. The van der Waals surface area contributed by atoms with Gasteiger partial charge in [-0.15, -0.1) is 0 Å². The summed E-state index contributed by atoms with van der Waals surface area (Å²) in [6.45, 7) is 6.46. The normalized spacial score (nSPS) is 30.1. The Morgan fingerprint density at radius 3 is 2.17 bits per heavy atom. The van der Waals surface area contributed by atoms with Gasteiger partial charge >= 0.3 is 0 Å². The van der Waals surface area contributed by atoms with E-state index in [0.717, 1.165) is 44.4 Å². The molecule has 0 aromatic heterocycles. The predicted octanol–water partition coefficient (Wildman–Crippen LogP) is 4.28. The standard InChI is InChI=1S/C16H29NO/c1-4-7-13-8-10-16(12-17,11-9-13)15(18)14(5-2)6-3/h13-15,18H,4-11H2,1-3H3. The summed E-state index contributed by atoms with van der Waals surface area (Å²) in [5.41, 5.74) is -0.457. The van der Waals surface area contributed by atoms with Crippen molar-refractivity contribution < 1.29 is 5.11 Å². The van der Waals surface area contributed by atoms with E-state index in [4.69, 9.17) is 0 Å². The predicted molar refractivity (Wildman–Crippen MR) is 75.0 cm³/mol. The van der Waals surface area contributed by atoms with Gasteiger partial charge in [-0.3, -0.25) is 0 Å². The molecule has 0 aliphatic heterocycles. The van der Waals surface area contributed by atoms with Gasteiger partial charge in [0.15, 0.2) is 0 Å². The van der Waals surface area contributed by atoms with Crippen molar-refractivity contribution in [1.82, 2.24) is 0 Å². The lowest BCUT2D eigenvalue weighted by Gasteiger charge is -2.41. The van der Waals surface area contributed by atoms with E-state index >= 15 is 0 Å². The van der Waals surface area contributed by atoms with Gasteiger partial charge in [-0.05, 0) is 37.5 Å². The molecule has 0 radical (unpaired) electrons. The molecule has 0 aromatic carbocycles. The van der Waals surface area contributed by atoms with Crippen LogP contribution < -0.4 is 0 Å². The van der Waals surface area contributed by atoms with Gasteiger partial charge in [0, 0.05) is 0 Å². The van der Waals surface area contributed by atoms with Crippen LogP contribution in [0.4, 0.5) is 0 Å². The lowest BCUT2D eigenvalue weighted by Crippen LogP contribution is -2.42. The molecule has 0 saturated heterocycles. The molecule has 1 atom stereocenters. The second kappa shape index (κ2) is 7.14. The monoisotopic (exact) mass is 251 g/mol. The van der Waals surface area contributed by atoms with Crippen LogP contribution in [0.2, 0.25) is 0 Å². The Bertz CT molecular complexity index is 269. The van der Waals surface area contributed by atoms with Crippen LogP contribution >= 0.6 is 0 Å². The SMILES string of the molecule is CCCC1CCC(C#N)(C(O)C(CC)CC)CC1. The van der Waals surface area contributed by atoms with Crippen LogP contribution in [0.5, 0.6) is 0 Å². The fourth-order valence-corrected chi connectivity index (χ4v) is 3.55. The van der Waals surface area contributed by atoms with Gasteiger partial charge in [-0.2, -0.15) is 5.26 Å². The van der Waals surface area contributed by atoms with Crippen LogP contribution in [0.3, 0.4) is 0 Å². The highest BCUT2D eigenvalue weighted by molar-refractivity contribution is 5.07. The van der Waals surface area contributed by atoms with Crippen LogP contribution in [-0.2, 0) is 0 Å². The van der Waals surface area contributed by atoms with E-state index in [9.17, 15) is 10.4 Å². The molecule has 0 spiro atoms. The number of hydrogen-bond acceptors (Lipinski definition) is 2. The average Bonchev–Trinajstić information content (AvgIpc) is 2.41. The third kappa shape index (κ3) is 3.26. The molecule has 2 heteroatoms. The van der Waals surface area contributed by atoms with Crippen LogP contribution in [0, 0.1) is 28.6 Å². The van der Waals surface area contributed by atoms with E-state index in [1.807, 2.05) is 0 Å². The Balaban J connectivity index is 2.68. The van der Waals surface area contributed by atoms with Gasteiger partial charge in [-0.1, -0.05) is 46.5 Å². The minimum absolute atomic E-state index is 0.285. The number of nitriles is 1. The number of aliphatic hydroxyl groups is 1. The Kier molecular flexibility index (Phi) is 6.15. The molecule has 1 aliphatic rings. The molecule has 1 saturated carbocycles. The second-order valence-electron chi connectivity index (χ2n) is 6.02. The van der Waals surface area contributed by atoms with Crippen molar-refractivity contribution in [3.63, 3.8) is 0 Å². The van der Waals surface area contributed by atoms with Crippen molar-refractivity contribution in [3.05, 3.63) is 0 Å².